The Bertz CT molecular complexity index is 972. The van der Waals surface area contributed by atoms with E-state index in [1.165, 1.54) is 11.3 Å². The van der Waals surface area contributed by atoms with E-state index in [0.717, 1.165) is 4.88 Å². The maximum absolute atomic E-state index is 11.8. The molecule has 1 saturated heterocycles. The van der Waals surface area contributed by atoms with Crippen molar-refractivity contribution in [3.05, 3.63) is 35.7 Å². The summed E-state index contributed by atoms with van der Waals surface area (Å²) in [6.07, 6.45) is 2.29. The van der Waals surface area contributed by atoms with Gasteiger partial charge < -0.3 is 14.1 Å². The van der Waals surface area contributed by atoms with E-state index in [-0.39, 0.29) is 11.5 Å². The van der Waals surface area contributed by atoms with Gasteiger partial charge in [0.25, 0.3) is 0 Å². The lowest BCUT2D eigenvalue weighted by molar-refractivity contribution is 0.154. The van der Waals surface area contributed by atoms with Crippen LogP contribution in [0.2, 0.25) is 0 Å². The first kappa shape index (κ1) is 15.6. The van der Waals surface area contributed by atoms with Gasteiger partial charge in [-0.05, 0) is 18.4 Å². The molecule has 0 unspecified atom stereocenters. The molecule has 7 nitrogen and oxygen atoms in total. The molecule has 0 radical (unpaired) electrons. The van der Waals surface area contributed by atoms with Gasteiger partial charge in [0.15, 0.2) is 15.7 Å². The van der Waals surface area contributed by atoms with E-state index in [1.54, 1.807) is 23.9 Å². The van der Waals surface area contributed by atoms with Crippen molar-refractivity contribution in [1.82, 2.24) is 14.5 Å². The van der Waals surface area contributed by atoms with E-state index in [1.807, 2.05) is 17.5 Å². The summed E-state index contributed by atoms with van der Waals surface area (Å²) in [7, 11) is -3.25. The fraction of sp³-hybridized carbons (Fsp3) is 0.333. The summed E-state index contributed by atoms with van der Waals surface area (Å²) in [5.74, 6) is 1.27. The lowest BCUT2D eigenvalue weighted by Crippen LogP contribution is -2.22. The third kappa shape index (κ3) is 2.58. The summed E-state index contributed by atoms with van der Waals surface area (Å²) in [5.41, 5.74) is 0.555. The van der Waals surface area contributed by atoms with Gasteiger partial charge in [0.2, 0.25) is 5.89 Å². The van der Waals surface area contributed by atoms with Crippen molar-refractivity contribution in [1.29, 1.82) is 0 Å². The molecule has 1 aliphatic rings. The predicted octanol–water partition coefficient (Wildman–Crippen LogP) is 1.91. The number of hydrogen-bond acceptors (Lipinski definition) is 7. The second kappa shape index (κ2) is 5.54. The Morgan fingerprint density at radius 1 is 1.42 bits per heavy atom. The number of hydrogen-bond donors (Lipinski definition) is 1. The number of thiophene rings is 1. The number of nitrogens with zero attached hydrogens (tertiary/aromatic N) is 3. The van der Waals surface area contributed by atoms with E-state index in [9.17, 15) is 13.5 Å². The Kier molecular flexibility index (Phi) is 3.59. The zero-order chi connectivity index (χ0) is 16.9. The van der Waals surface area contributed by atoms with Crippen LogP contribution >= 0.6 is 11.3 Å². The van der Waals surface area contributed by atoms with E-state index in [2.05, 4.69) is 9.97 Å². The van der Waals surface area contributed by atoms with Crippen molar-refractivity contribution in [3.8, 4) is 22.3 Å². The van der Waals surface area contributed by atoms with Crippen LogP contribution in [0.15, 0.2) is 34.3 Å². The molecule has 4 rings (SSSR count). The van der Waals surface area contributed by atoms with Crippen molar-refractivity contribution >= 4 is 21.2 Å². The van der Waals surface area contributed by atoms with Crippen LogP contribution < -0.4 is 0 Å². The van der Waals surface area contributed by atoms with Crippen molar-refractivity contribution in [3.63, 3.8) is 0 Å². The molecule has 0 aromatic carbocycles. The largest absolute Gasteiger partial charge is 0.440 e. The molecule has 3 aromatic rings. The van der Waals surface area contributed by atoms with Gasteiger partial charge in [-0.3, -0.25) is 0 Å². The molecule has 1 aliphatic heterocycles. The zero-order valence-electron chi connectivity index (χ0n) is 12.8. The smallest absolute Gasteiger partial charge is 0.237 e. The highest BCUT2D eigenvalue weighted by molar-refractivity contribution is 7.91. The Hall–Kier alpha value is -1.97. The third-order valence-corrected chi connectivity index (χ3v) is 6.62. The minimum Gasteiger partial charge on any atom is -0.440 e. The summed E-state index contributed by atoms with van der Waals surface area (Å²) < 4.78 is 31.0. The molecular formula is C15H15N3O4S2. The second-order valence-electron chi connectivity index (χ2n) is 5.77. The Labute approximate surface area is 142 Å². The van der Waals surface area contributed by atoms with Gasteiger partial charge in [0.05, 0.1) is 28.5 Å². The van der Waals surface area contributed by atoms with Crippen molar-refractivity contribution in [2.45, 2.75) is 19.1 Å². The first-order valence-electron chi connectivity index (χ1n) is 7.37. The Morgan fingerprint density at radius 2 is 2.25 bits per heavy atom. The fourth-order valence-electron chi connectivity index (χ4n) is 2.95. The highest BCUT2D eigenvalue weighted by Gasteiger charge is 2.39. The minimum absolute atomic E-state index is 0.105. The van der Waals surface area contributed by atoms with Gasteiger partial charge >= 0.3 is 0 Å². The lowest BCUT2D eigenvalue weighted by Gasteiger charge is -2.16. The Balaban J connectivity index is 1.76. The molecule has 1 fully saturated rings. The third-order valence-electron chi connectivity index (χ3n) is 4.06. The summed E-state index contributed by atoms with van der Waals surface area (Å²) in [5, 5.41) is 12.1. The van der Waals surface area contributed by atoms with E-state index >= 15 is 0 Å². The molecule has 9 heteroatoms. The predicted molar refractivity (Wildman–Crippen MR) is 89.5 cm³/mol. The number of imidazole rings is 1. The molecule has 1 N–H and O–H groups in total. The molecule has 0 saturated carbocycles. The molecule has 24 heavy (non-hydrogen) atoms. The van der Waals surface area contributed by atoms with Crippen LogP contribution in [-0.2, 0) is 9.84 Å². The van der Waals surface area contributed by atoms with E-state index < -0.39 is 22.0 Å². The van der Waals surface area contributed by atoms with Crippen LogP contribution in [0.25, 0.3) is 22.3 Å². The van der Waals surface area contributed by atoms with Gasteiger partial charge in [-0.15, -0.1) is 11.3 Å². The average molecular weight is 365 g/mol. The second-order valence-corrected chi connectivity index (χ2v) is 8.87. The van der Waals surface area contributed by atoms with Crippen LogP contribution in [0.3, 0.4) is 0 Å². The number of aromatic nitrogens is 3. The molecule has 0 spiro atoms. The molecule has 3 aromatic heterocycles. The van der Waals surface area contributed by atoms with Crippen LogP contribution in [0.4, 0.5) is 0 Å². The first-order valence-corrected chi connectivity index (χ1v) is 10.1. The van der Waals surface area contributed by atoms with Crippen LogP contribution in [0, 0.1) is 6.92 Å². The molecular weight excluding hydrogens is 350 g/mol. The number of aliphatic hydroxyl groups excluding tert-OH is 1. The van der Waals surface area contributed by atoms with Gasteiger partial charge in [-0.2, -0.15) is 0 Å². The number of rotatable bonds is 3. The average Bonchev–Trinajstić information content (AvgIpc) is 3.25. The number of aryl methyl sites for hydroxylation is 1. The van der Waals surface area contributed by atoms with E-state index in [4.69, 9.17) is 4.42 Å². The van der Waals surface area contributed by atoms with Gasteiger partial charge in [0, 0.05) is 12.4 Å². The SMILES string of the molecule is Cc1oc(-c2cccs2)nc1-c1nccn1[C@@H]1CS(=O)(=O)C[C@H]1O. The maximum Gasteiger partial charge on any atom is 0.237 e. The van der Waals surface area contributed by atoms with E-state index in [0.29, 0.717) is 23.2 Å². The van der Waals surface area contributed by atoms with Gasteiger partial charge in [-0.1, -0.05) is 6.07 Å². The van der Waals surface area contributed by atoms with Crippen molar-refractivity contribution < 1.29 is 17.9 Å². The lowest BCUT2D eigenvalue weighted by atomic mass is 10.2. The standard InChI is InChI=1S/C15H15N3O4S2/c1-9-13(17-15(22-9)12-3-2-6-23-12)14-16-4-5-18(14)10-7-24(20,21)8-11(10)19/h2-6,10-11,19H,7-8H2,1H3/t10-,11-/m1/s1. The Morgan fingerprint density at radius 3 is 2.92 bits per heavy atom. The van der Waals surface area contributed by atoms with Crippen molar-refractivity contribution in [2.24, 2.45) is 0 Å². The molecule has 126 valence electrons. The number of oxazole rings is 1. The molecule has 0 amide bonds. The molecule has 4 heterocycles. The molecule has 2 atom stereocenters. The molecule has 0 bridgehead atoms. The fourth-order valence-corrected chi connectivity index (χ4v) is 5.38. The maximum atomic E-state index is 11.8. The summed E-state index contributed by atoms with van der Waals surface area (Å²) >= 11 is 1.52. The molecule has 0 aliphatic carbocycles. The highest BCUT2D eigenvalue weighted by Crippen LogP contribution is 2.33. The van der Waals surface area contributed by atoms with Crippen LogP contribution in [-0.4, -0.2) is 45.7 Å². The number of sulfone groups is 1. The highest BCUT2D eigenvalue weighted by atomic mass is 32.2. The summed E-state index contributed by atoms with van der Waals surface area (Å²) in [4.78, 5) is 9.73. The quantitative estimate of drug-likeness (QED) is 0.761. The van der Waals surface area contributed by atoms with Crippen LogP contribution in [0.1, 0.15) is 11.8 Å². The van der Waals surface area contributed by atoms with Crippen LogP contribution in [0.5, 0.6) is 0 Å². The monoisotopic (exact) mass is 365 g/mol. The minimum atomic E-state index is -3.25. The summed E-state index contributed by atoms with van der Waals surface area (Å²) in [6, 6.07) is 3.27. The van der Waals surface area contributed by atoms with Gasteiger partial charge in [0.1, 0.15) is 11.5 Å². The topological polar surface area (TPSA) is 98.2 Å². The normalized spacial score (nSPS) is 22.9. The first-order chi connectivity index (χ1) is 11.4. The van der Waals surface area contributed by atoms with Gasteiger partial charge in [-0.25, -0.2) is 18.4 Å². The summed E-state index contributed by atoms with van der Waals surface area (Å²) in [6.45, 7) is 1.79. The zero-order valence-corrected chi connectivity index (χ0v) is 14.4. The number of aliphatic hydroxyl groups is 1. The van der Waals surface area contributed by atoms with Crippen molar-refractivity contribution in [2.75, 3.05) is 11.5 Å².